The number of hydrogen-bond donors (Lipinski definition) is 1. The summed E-state index contributed by atoms with van der Waals surface area (Å²) in [6, 6.07) is 12.5. The Kier molecular flexibility index (Phi) is 4.55. The molecular formula is C18H21N3O. The summed E-state index contributed by atoms with van der Waals surface area (Å²) in [5.41, 5.74) is 1.05. The summed E-state index contributed by atoms with van der Waals surface area (Å²) in [5, 5.41) is 12.2. The molecule has 22 heavy (non-hydrogen) atoms. The lowest BCUT2D eigenvalue weighted by Gasteiger charge is -2.32. The van der Waals surface area contributed by atoms with Crippen molar-refractivity contribution in [1.29, 1.82) is 5.26 Å². The number of likely N-dealkylation sites (tertiary alicyclic amines) is 1. The summed E-state index contributed by atoms with van der Waals surface area (Å²) in [5.74, 6) is -0.253. The summed E-state index contributed by atoms with van der Waals surface area (Å²) in [6.07, 6.45) is 6.26. The van der Waals surface area contributed by atoms with Crippen LogP contribution in [0.1, 0.15) is 31.2 Å². The van der Waals surface area contributed by atoms with Crippen molar-refractivity contribution in [3.8, 4) is 6.07 Å². The molecule has 0 atom stereocenters. The van der Waals surface area contributed by atoms with Crippen molar-refractivity contribution in [2.75, 3.05) is 13.1 Å². The number of carbonyl (C=O) groups excluding carboxylic acids is 1. The molecule has 1 heterocycles. The Morgan fingerprint density at radius 3 is 2.45 bits per heavy atom. The highest BCUT2D eigenvalue weighted by atomic mass is 16.1. The molecule has 0 spiro atoms. The highest BCUT2D eigenvalue weighted by molar-refractivity contribution is 6.01. The van der Waals surface area contributed by atoms with Gasteiger partial charge in [0.15, 0.2) is 0 Å². The van der Waals surface area contributed by atoms with Gasteiger partial charge in [0.2, 0.25) is 0 Å². The first kappa shape index (κ1) is 14.8. The van der Waals surface area contributed by atoms with Gasteiger partial charge in [0.1, 0.15) is 11.6 Å². The molecule has 1 amide bonds. The van der Waals surface area contributed by atoms with E-state index in [1.165, 1.54) is 12.8 Å². The van der Waals surface area contributed by atoms with Crippen LogP contribution >= 0.6 is 0 Å². The lowest BCUT2D eigenvalue weighted by molar-refractivity contribution is -0.118. The van der Waals surface area contributed by atoms with E-state index in [4.69, 9.17) is 0 Å². The highest BCUT2D eigenvalue weighted by Crippen LogP contribution is 2.29. The van der Waals surface area contributed by atoms with Crippen LogP contribution in [0.15, 0.2) is 35.9 Å². The number of carbonyl (C=O) groups is 1. The Hall–Kier alpha value is -2.12. The van der Waals surface area contributed by atoms with Gasteiger partial charge < -0.3 is 10.2 Å². The molecule has 4 nitrogen and oxygen atoms in total. The van der Waals surface area contributed by atoms with E-state index in [2.05, 4.69) is 10.2 Å². The van der Waals surface area contributed by atoms with Crippen molar-refractivity contribution in [2.24, 2.45) is 0 Å². The third-order valence-corrected chi connectivity index (χ3v) is 4.40. The monoisotopic (exact) mass is 295 g/mol. The van der Waals surface area contributed by atoms with Crippen LogP contribution in [0.4, 0.5) is 0 Å². The van der Waals surface area contributed by atoms with E-state index in [-0.39, 0.29) is 17.5 Å². The maximum absolute atomic E-state index is 12.3. The second-order valence-electron chi connectivity index (χ2n) is 6.10. The first-order chi connectivity index (χ1) is 10.8. The predicted molar refractivity (Wildman–Crippen MR) is 85.8 cm³/mol. The summed E-state index contributed by atoms with van der Waals surface area (Å²) in [6.45, 7) is 2.11. The largest absolute Gasteiger partial charge is 0.349 e. The van der Waals surface area contributed by atoms with Crippen LogP contribution in [0.2, 0.25) is 0 Å². The van der Waals surface area contributed by atoms with Gasteiger partial charge in [-0.1, -0.05) is 30.3 Å². The molecule has 114 valence electrons. The number of nitriles is 1. The number of piperidine rings is 1. The Morgan fingerprint density at radius 1 is 1.18 bits per heavy atom. The third kappa shape index (κ3) is 3.75. The topological polar surface area (TPSA) is 56.1 Å². The molecule has 1 aliphatic carbocycles. The van der Waals surface area contributed by atoms with Gasteiger partial charge in [-0.15, -0.1) is 0 Å². The van der Waals surface area contributed by atoms with Crippen LogP contribution < -0.4 is 5.32 Å². The molecule has 4 heteroatoms. The lowest BCUT2D eigenvalue weighted by Crippen LogP contribution is -2.45. The van der Waals surface area contributed by atoms with Crippen LogP contribution in [0.25, 0.3) is 6.08 Å². The average Bonchev–Trinajstić information content (AvgIpc) is 3.39. The Morgan fingerprint density at radius 2 is 1.86 bits per heavy atom. The van der Waals surface area contributed by atoms with Crippen LogP contribution in [-0.4, -0.2) is 36.0 Å². The van der Waals surface area contributed by atoms with Crippen molar-refractivity contribution in [3.05, 3.63) is 41.5 Å². The maximum Gasteiger partial charge on any atom is 0.262 e. The fourth-order valence-electron chi connectivity index (χ4n) is 2.98. The quantitative estimate of drug-likeness (QED) is 0.685. The molecule has 0 unspecified atom stereocenters. The number of benzene rings is 1. The number of amides is 1. The SMILES string of the molecule is N#C/C(=C/c1ccccc1)C(=O)NC1CCN(C2CC2)CC1. The van der Waals surface area contributed by atoms with Crippen LogP contribution in [0.5, 0.6) is 0 Å². The second kappa shape index (κ2) is 6.76. The highest BCUT2D eigenvalue weighted by Gasteiger charge is 2.32. The van der Waals surface area contributed by atoms with Crippen LogP contribution in [0, 0.1) is 11.3 Å². The van der Waals surface area contributed by atoms with Crippen molar-refractivity contribution < 1.29 is 4.79 Å². The minimum Gasteiger partial charge on any atom is -0.349 e. The fraction of sp³-hybridized carbons (Fsp3) is 0.444. The maximum atomic E-state index is 12.3. The van der Waals surface area contributed by atoms with Crippen molar-refractivity contribution >= 4 is 12.0 Å². The van der Waals surface area contributed by atoms with Gasteiger partial charge >= 0.3 is 0 Å². The first-order valence-corrected chi connectivity index (χ1v) is 7.98. The van der Waals surface area contributed by atoms with Gasteiger partial charge in [-0.25, -0.2) is 0 Å². The number of hydrogen-bond acceptors (Lipinski definition) is 3. The van der Waals surface area contributed by atoms with E-state index in [1.54, 1.807) is 6.08 Å². The molecule has 0 bridgehead atoms. The minimum absolute atomic E-state index is 0.177. The normalized spacial score (nSPS) is 20.4. The van der Waals surface area contributed by atoms with E-state index >= 15 is 0 Å². The van der Waals surface area contributed by atoms with Gasteiger partial charge in [0.05, 0.1) is 0 Å². The molecule has 3 rings (SSSR count). The van der Waals surface area contributed by atoms with Crippen LogP contribution in [0.3, 0.4) is 0 Å². The molecule has 0 aromatic heterocycles. The molecule has 1 aromatic carbocycles. The zero-order valence-corrected chi connectivity index (χ0v) is 12.7. The number of rotatable bonds is 4. The molecule has 1 saturated carbocycles. The molecule has 1 saturated heterocycles. The number of nitrogens with one attached hydrogen (secondary N) is 1. The Labute approximate surface area is 131 Å². The molecular weight excluding hydrogens is 274 g/mol. The predicted octanol–water partition coefficient (Wildman–Crippen LogP) is 2.34. The zero-order valence-electron chi connectivity index (χ0n) is 12.7. The Bertz CT molecular complexity index is 591. The minimum atomic E-state index is -0.253. The average molecular weight is 295 g/mol. The number of nitrogens with zero attached hydrogens (tertiary/aromatic N) is 2. The molecule has 1 N–H and O–H groups in total. The second-order valence-corrected chi connectivity index (χ2v) is 6.10. The van der Waals surface area contributed by atoms with Crippen LogP contribution in [-0.2, 0) is 4.79 Å². The first-order valence-electron chi connectivity index (χ1n) is 7.98. The summed E-state index contributed by atoms with van der Waals surface area (Å²) in [7, 11) is 0. The molecule has 0 radical (unpaired) electrons. The molecule has 2 aliphatic rings. The van der Waals surface area contributed by atoms with Gasteiger partial charge in [-0.05, 0) is 37.3 Å². The van der Waals surface area contributed by atoms with E-state index in [1.807, 2.05) is 36.4 Å². The van der Waals surface area contributed by atoms with Crippen molar-refractivity contribution in [2.45, 2.75) is 37.8 Å². The Balaban J connectivity index is 1.56. The standard InChI is InChI=1S/C18H21N3O/c19-13-15(12-14-4-2-1-3-5-14)18(22)20-16-8-10-21(11-9-16)17-6-7-17/h1-5,12,16-17H,6-11H2,(H,20,22)/b15-12-. The molecule has 1 aromatic rings. The third-order valence-electron chi connectivity index (χ3n) is 4.40. The van der Waals surface area contributed by atoms with Crippen molar-refractivity contribution in [1.82, 2.24) is 10.2 Å². The molecule has 2 fully saturated rings. The van der Waals surface area contributed by atoms with Gasteiger partial charge in [-0.3, -0.25) is 4.79 Å². The summed E-state index contributed by atoms with van der Waals surface area (Å²) in [4.78, 5) is 14.8. The van der Waals surface area contributed by atoms with E-state index in [9.17, 15) is 10.1 Å². The van der Waals surface area contributed by atoms with Crippen molar-refractivity contribution in [3.63, 3.8) is 0 Å². The van der Waals surface area contributed by atoms with E-state index < -0.39 is 0 Å². The van der Waals surface area contributed by atoms with Gasteiger partial charge in [-0.2, -0.15) is 5.26 Å². The van der Waals surface area contributed by atoms with Gasteiger partial charge in [0.25, 0.3) is 5.91 Å². The lowest BCUT2D eigenvalue weighted by atomic mass is 10.0. The molecule has 1 aliphatic heterocycles. The zero-order chi connectivity index (χ0) is 15.4. The van der Waals surface area contributed by atoms with Gasteiger partial charge in [0, 0.05) is 25.2 Å². The fourth-order valence-corrected chi connectivity index (χ4v) is 2.98. The van der Waals surface area contributed by atoms with E-state index in [0.29, 0.717) is 0 Å². The summed E-state index contributed by atoms with van der Waals surface area (Å²) >= 11 is 0. The van der Waals surface area contributed by atoms with E-state index in [0.717, 1.165) is 37.5 Å². The summed E-state index contributed by atoms with van der Waals surface area (Å²) < 4.78 is 0. The smallest absolute Gasteiger partial charge is 0.262 e.